The van der Waals surface area contributed by atoms with Gasteiger partial charge in [-0.15, -0.1) is 0 Å². The highest BCUT2D eigenvalue weighted by molar-refractivity contribution is 5.45. The van der Waals surface area contributed by atoms with Gasteiger partial charge in [-0.2, -0.15) is 4.98 Å². The summed E-state index contributed by atoms with van der Waals surface area (Å²) in [6.07, 6.45) is -0.498. The number of methoxy groups -OCH3 is 1. The molecule has 1 aromatic carbocycles. The van der Waals surface area contributed by atoms with Crippen molar-refractivity contribution in [3.8, 4) is 5.75 Å². The molecule has 0 bridgehead atoms. The number of nitrogens with two attached hydrogens (primary N) is 1. The number of nitrogen functional groups attached to an aromatic ring is 1. The third-order valence-corrected chi connectivity index (χ3v) is 5.66. The van der Waals surface area contributed by atoms with Gasteiger partial charge >= 0.3 is 5.69 Å². The van der Waals surface area contributed by atoms with Crippen LogP contribution < -0.4 is 16.2 Å². The first-order valence-corrected chi connectivity index (χ1v) is 10.8. The number of hydrogen-bond acceptors (Lipinski definition) is 10. The number of aliphatic hydroxyl groups excluding tert-OH is 2. The highest BCUT2D eigenvalue weighted by Gasteiger charge is 2.35. The second-order valence-corrected chi connectivity index (χ2v) is 9.04. The number of nitro benzene ring substituents is 1. The summed E-state index contributed by atoms with van der Waals surface area (Å²) < 4.78 is 17.8. The summed E-state index contributed by atoms with van der Waals surface area (Å²) in [5.74, 6) is 0.542. The van der Waals surface area contributed by atoms with Crippen LogP contribution in [0, 0.1) is 15.5 Å². The number of nitrogens with zero attached hydrogens (tertiary/aromatic N) is 3. The van der Waals surface area contributed by atoms with E-state index in [2.05, 4.69) is 4.98 Å². The Morgan fingerprint density at radius 1 is 1.38 bits per heavy atom. The van der Waals surface area contributed by atoms with Crippen molar-refractivity contribution in [1.29, 1.82) is 0 Å². The van der Waals surface area contributed by atoms with Gasteiger partial charge in [0.05, 0.1) is 38.0 Å². The van der Waals surface area contributed by atoms with E-state index < -0.39 is 34.5 Å². The maximum absolute atomic E-state index is 12.3. The van der Waals surface area contributed by atoms with Crippen LogP contribution in [0.15, 0.2) is 29.2 Å². The Hall–Kier alpha value is -3.06. The maximum Gasteiger partial charge on any atom is 0.351 e. The zero-order chi connectivity index (χ0) is 25.0. The molecule has 1 aliphatic rings. The SMILES string of the molecule is COc1ccc([N+](=O)[O-])c(CC(C)(C)COCc2cn([C@H]3C[C@H](O)[C@@H](CO)O3)c(=O)nc2N)c1. The second-order valence-electron chi connectivity index (χ2n) is 9.04. The first-order valence-electron chi connectivity index (χ1n) is 10.8. The lowest BCUT2D eigenvalue weighted by atomic mass is 9.86. The first kappa shape index (κ1) is 25.6. The zero-order valence-electron chi connectivity index (χ0n) is 19.3. The van der Waals surface area contributed by atoms with Crippen molar-refractivity contribution in [3.63, 3.8) is 0 Å². The van der Waals surface area contributed by atoms with Crippen molar-refractivity contribution in [2.75, 3.05) is 26.1 Å². The molecule has 3 rings (SSSR count). The molecule has 1 aromatic heterocycles. The fourth-order valence-electron chi connectivity index (χ4n) is 3.90. The average Bonchev–Trinajstić information content (AvgIpc) is 3.14. The Labute approximate surface area is 196 Å². The molecule has 1 aliphatic heterocycles. The minimum absolute atomic E-state index is 0.00864. The molecular weight excluding hydrogens is 448 g/mol. The molecule has 0 saturated carbocycles. The molecule has 3 atom stereocenters. The molecule has 0 aliphatic carbocycles. The van der Waals surface area contributed by atoms with E-state index >= 15 is 0 Å². The van der Waals surface area contributed by atoms with Crippen LogP contribution in [-0.4, -0.2) is 57.2 Å². The summed E-state index contributed by atoms with van der Waals surface area (Å²) in [6, 6.07) is 4.61. The van der Waals surface area contributed by atoms with Crippen LogP contribution in [-0.2, 0) is 22.5 Å². The van der Waals surface area contributed by atoms with Gasteiger partial charge in [0.15, 0.2) is 0 Å². The normalized spacial score (nSPS) is 20.4. The molecule has 0 spiro atoms. The van der Waals surface area contributed by atoms with Gasteiger partial charge in [0, 0.05) is 29.8 Å². The van der Waals surface area contributed by atoms with Crippen LogP contribution in [0.1, 0.15) is 37.6 Å². The summed E-state index contributed by atoms with van der Waals surface area (Å²) in [7, 11) is 1.50. The van der Waals surface area contributed by atoms with E-state index in [1.165, 1.54) is 23.9 Å². The standard InChI is InChI=1S/C22H30N4O8/c1-22(2,8-13-6-15(32-3)4-5-16(13)26(30)31)12-33-11-14-9-25(21(29)24-20(14)23)19-7-17(28)18(10-27)34-19/h4-6,9,17-19,27-28H,7-8,10-12H2,1-3H3,(H2,23,24,29)/t17-,18+,19+/m0/s1. The second kappa shape index (κ2) is 10.5. The van der Waals surface area contributed by atoms with Gasteiger partial charge in [-0.1, -0.05) is 13.8 Å². The smallest absolute Gasteiger partial charge is 0.351 e. The quantitative estimate of drug-likeness (QED) is 0.332. The summed E-state index contributed by atoms with van der Waals surface area (Å²) in [6.45, 7) is 3.75. The monoisotopic (exact) mass is 478 g/mol. The Kier molecular flexibility index (Phi) is 7.87. The minimum Gasteiger partial charge on any atom is -0.497 e. The van der Waals surface area contributed by atoms with Gasteiger partial charge in [-0.05, 0) is 24.0 Å². The molecule has 34 heavy (non-hydrogen) atoms. The molecule has 2 heterocycles. The molecule has 1 saturated heterocycles. The number of hydrogen-bond donors (Lipinski definition) is 3. The van der Waals surface area contributed by atoms with E-state index in [0.29, 0.717) is 23.3 Å². The van der Waals surface area contributed by atoms with E-state index in [4.69, 9.17) is 19.9 Å². The largest absolute Gasteiger partial charge is 0.497 e. The molecular formula is C22H30N4O8. The number of ether oxygens (including phenoxy) is 3. The van der Waals surface area contributed by atoms with Crippen molar-refractivity contribution in [3.05, 3.63) is 56.1 Å². The molecule has 0 radical (unpaired) electrons. The molecule has 1 fully saturated rings. The van der Waals surface area contributed by atoms with E-state index in [0.717, 1.165) is 0 Å². The molecule has 12 heteroatoms. The number of aliphatic hydroxyl groups is 2. The number of anilines is 1. The number of aromatic nitrogens is 2. The lowest BCUT2D eigenvalue weighted by molar-refractivity contribution is -0.385. The highest BCUT2D eigenvalue weighted by Crippen LogP contribution is 2.32. The number of benzene rings is 1. The Balaban J connectivity index is 1.69. The summed E-state index contributed by atoms with van der Waals surface area (Å²) in [5.41, 5.74) is 5.79. The predicted octanol–water partition coefficient (Wildman–Crippen LogP) is 1.17. The van der Waals surface area contributed by atoms with Gasteiger partial charge in [-0.25, -0.2) is 4.79 Å². The van der Waals surface area contributed by atoms with Crippen LogP contribution in [0.5, 0.6) is 5.75 Å². The predicted molar refractivity (Wildman–Crippen MR) is 121 cm³/mol. The van der Waals surface area contributed by atoms with Crippen LogP contribution in [0.3, 0.4) is 0 Å². The van der Waals surface area contributed by atoms with Gasteiger partial charge in [0.1, 0.15) is 23.9 Å². The van der Waals surface area contributed by atoms with Crippen LogP contribution >= 0.6 is 0 Å². The zero-order valence-corrected chi connectivity index (χ0v) is 19.3. The molecule has 12 nitrogen and oxygen atoms in total. The number of nitro groups is 1. The van der Waals surface area contributed by atoms with E-state index in [1.54, 1.807) is 12.1 Å². The van der Waals surface area contributed by atoms with E-state index in [9.17, 15) is 25.1 Å². The van der Waals surface area contributed by atoms with Gasteiger partial charge in [-0.3, -0.25) is 14.7 Å². The van der Waals surface area contributed by atoms with Gasteiger partial charge < -0.3 is 30.2 Å². The highest BCUT2D eigenvalue weighted by atomic mass is 16.6. The minimum atomic E-state index is -0.902. The van der Waals surface area contributed by atoms with Crippen molar-refractivity contribution in [2.45, 2.75) is 51.7 Å². The van der Waals surface area contributed by atoms with Crippen molar-refractivity contribution >= 4 is 11.5 Å². The van der Waals surface area contributed by atoms with Crippen molar-refractivity contribution in [1.82, 2.24) is 9.55 Å². The van der Waals surface area contributed by atoms with E-state index in [-0.39, 0.29) is 37.7 Å². The van der Waals surface area contributed by atoms with Crippen LogP contribution in [0.4, 0.5) is 11.5 Å². The lowest BCUT2D eigenvalue weighted by Crippen LogP contribution is -2.29. The molecule has 186 valence electrons. The fourth-order valence-corrected chi connectivity index (χ4v) is 3.90. The summed E-state index contributed by atoms with van der Waals surface area (Å²) in [4.78, 5) is 27.1. The topological polar surface area (TPSA) is 172 Å². The molecule has 0 amide bonds. The summed E-state index contributed by atoms with van der Waals surface area (Å²) >= 11 is 0. The van der Waals surface area contributed by atoms with Crippen LogP contribution in [0.25, 0.3) is 0 Å². The fraction of sp³-hybridized carbons (Fsp3) is 0.545. The lowest BCUT2D eigenvalue weighted by Gasteiger charge is -2.25. The Morgan fingerprint density at radius 3 is 2.74 bits per heavy atom. The molecule has 2 aromatic rings. The van der Waals surface area contributed by atoms with Gasteiger partial charge in [0.2, 0.25) is 0 Å². The molecule has 0 unspecified atom stereocenters. The number of rotatable bonds is 10. The van der Waals surface area contributed by atoms with Gasteiger partial charge in [0.25, 0.3) is 5.69 Å². The third kappa shape index (κ3) is 5.89. The first-order chi connectivity index (χ1) is 16.0. The maximum atomic E-state index is 12.3. The van der Waals surface area contributed by atoms with Crippen molar-refractivity contribution < 1.29 is 29.3 Å². The van der Waals surface area contributed by atoms with Crippen molar-refractivity contribution in [2.24, 2.45) is 5.41 Å². The Bertz CT molecular complexity index is 1090. The summed E-state index contributed by atoms with van der Waals surface area (Å²) in [5, 5.41) is 30.6. The Morgan fingerprint density at radius 2 is 2.12 bits per heavy atom. The van der Waals surface area contributed by atoms with E-state index in [1.807, 2.05) is 13.8 Å². The van der Waals surface area contributed by atoms with Crippen LogP contribution in [0.2, 0.25) is 0 Å². The third-order valence-electron chi connectivity index (χ3n) is 5.66. The molecule has 4 N–H and O–H groups in total. The average molecular weight is 479 g/mol.